The van der Waals surface area contributed by atoms with Crippen LogP contribution < -0.4 is 9.64 Å². The van der Waals surface area contributed by atoms with Crippen molar-refractivity contribution < 1.29 is 28.7 Å². The molecule has 2 aliphatic heterocycles. The number of hydrogen-bond acceptors (Lipinski definition) is 6. The first-order chi connectivity index (χ1) is 29.4. The summed E-state index contributed by atoms with van der Waals surface area (Å²) in [7, 11) is 1.97. The number of halogens is 1. The van der Waals surface area contributed by atoms with E-state index in [1.807, 2.05) is 90.5 Å². The van der Waals surface area contributed by atoms with E-state index in [-0.39, 0.29) is 30.4 Å². The molecule has 6 aromatic rings. The Bertz CT molecular complexity index is 2740. The normalized spacial score (nSPS) is 15.2. The number of esters is 1. The molecule has 0 fully saturated rings. The van der Waals surface area contributed by atoms with Gasteiger partial charge in [0.25, 0.3) is 11.8 Å². The van der Waals surface area contributed by atoms with Crippen LogP contribution in [0.25, 0.3) is 22.2 Å². The number of ether oxygens (including phenoxy) is 2. The molecule has 0 radical (unpaired) electrons. The largest absolute Gasteiger partial charge is 0.444 e. The van der Waals surface area contributed by atoms with Gasteiger partial charge in [0, 0.05) is 77.3 Å². The van der Waals surface area contributed by atoms with Crippen LogP contribution in [0.3, 0.4) is 0 Å². The first-order valence-corrected chi connectivity index (χ1v) is 21.3. The van der Waals surface area contributed by atoms with Crippen LogP contribution in [-0.4, -0.2) is 61.0 Å². The molecule has 4 aromatic carbocycles. The van der Waals surface area contributed by atoms with Gasteiger partial charge in [0.05, 0.1) is 28.9 Å². The molecule has 0 saturated heterocycles. The summed E-state index contributed by atoms with van der Waals surface area (Å²) in [4.78, 5) is 61.9. The molecule has 8 rings (SSSR count). The molecular weight excluding hydrogens is 802 g/mol. The molecule has 3 amide bonds. The lowest BCUT2D eigenvalue weighted by Crippen LogP contribution is -2.43. The summed E-state index contributed by atoms with van der Waals surface area (Å²) >= 11 is 6.75. The number of fused-ring (bicyclic) bond motifs is 3. The van der Waals surface area contributed by atoms with Crippen LogP contribution in [0.5, 0.6) is 5.75 Å². The third kappa shape index (κ3) is 8.33. The fourth-order valence-corrected chi connectivity index (χ4v) is 8.41. The predicted molar refractivity (Wildman–Crippen MR) is 242 cm³/mol. The summed E-state index contributed by atoms with van der Waals surface area (Å²) < 4.78 is 15.5. The SMILES string of the molecule is C[C@@H]1Cc2ccccc2CN1C(=O)c1ccc(Cl)cc1-c1cc(C(=O)N(c2ccc(OC(=O)C(C)(C)C)cc2)c2ccc3c(ccn3C)c2)c2n1CCN(C(=O)OC(C)(C)C)C2. The van der Waals surface area contributed by atoms with Crippen molar-refractivity contribution in [2.24, 2.45) is 12.5 Å². The van der Waals surface area contributed by atoms with E-state index in [9.17, 15) is 14.4 Å². The molecule has 320 valence electrons. The number of aryl methyl sites for hydroxylation is 1. The Morgan fingerprint density at radius 2 is 1.48 bits per heavy atom. The Morgan fingerprint density at radius 3 is 2.19 bits per heavy atom. The molecule has 62 heavy (non-hydrogen) atoms. The maximum atomic E-state index is 15.6. The standard InChI is InChI=1S/C50H52ClN5O6/c1-31-25-32-11-9-10-12-34(32)29-55(31)45(57)39-19-13-35(51)27-40(39)43-28-41(44-30-53(23-24-54(43)44)48(60)62-50(5,6)7)46(58)56(37-16-20-42-33(26-37)21-22-52(42)8)36-14-17-38(18-15-36)61-47(59)49(2,3)4/h9-22,26-28,31H,23-25,29-30H2,1-8H3/t31-/m1/s1. The minimum atomic E-state index is -0.733. The second-order valence-electron chi connectivity index (χ2n) is 18.3. The van der Waals surface area contributed by atoms with Gasteiger partial charge in [-0.2, -0.15) is 0 Å². The molecule has 2 aromatic heterocycles. The molecule has 0 saturated carbocycles. The quantitative estimate of drug-likeness (QED) is 0.122. The summed E-state index contributed by atoms with van der Waals surface area (Å²) in [5.74, 6) is -0.537. The number of aromatic nitrogens is 2. The van der Waals surface area contributed by atoms with E-state index in [2.05, 4.69) is 19.1 Å². The van der Waals surface area contributed by atoms with Gasteiger partial charge in [-0.05, 0) is 139 Å². The van der Waals surface area contributed by atoms with E-state index < -0.39 is 17.1 Å². The van der Waals surface area contributed by atoms with Gasteiger partial charge in [-0.1, -0.05) is 35.9 Å². The van der Waals surface area contributed by atoms with E-state index in [1.54, 1.807) is 73.0 Å². The first kappa shape index (κ1) is 42.4. The molecule has 0 bridgehead atoms. The number of benzene rings is 4. The van der Waals surface area contributed by atoms with Gasteiger partial charge in [0.1, 0.15) is 11.4 Å². The summed E-state index contributed by atoms with van der Waals surface area (Å²) in [5, 5.41) is 1.37. The van der Waals surface area contributed by atoms with Gasteiger partial charge in [-0.25, -0.2) is 4.79 Å². The van der Waals surface area contributed by atoms with Crippen molar-refractivity contribution >= 4 is 57.8 Å². The van der Waals surface area contributed by atoms with E-state index in [0.717, 1.165) is 22.9 Å². The Kier molecular flexibility index (Phi) is 11.1. The van der Waals surface area contributed by atoms with Gasteiger partial charge >= 0.3 is 12.1 Å². The average molecular weight is 854 g/mol. The highest BCUT2D eigenvalue weighted by Gasteiger charge is 2.36. The first-order valence-electron chi connectivity index (χ1n) is 21.0. The van der Waals surface area contributed by atoms with Crippen LogP contribution in [0.2, 0.25) is 5.02 Å². The van der Waals surface area contributed by atoms with Gasteiger partial charge in [-0.15, -0.1) is 0 Å². The highest BCUT2D eigenvalue weighted by molar-refractivity contribution is 6.31. The van der Waals surface area contributed by atoms with Crippen molar-refractivity contribution in [3.63, 3.8) is 0 Å². The predicted octanol–water partition coefficient (Wildman–Crippen LogP) is 10.6. The lowest BCUT2D eigenvalue weighted by Gasteiger charge is -2.35. The zero-order valence-corrected chi connectivity index (χ0v) is 37.2. The minimum absolute atomic E-state index is 0.0550. The van der Waals surface area contributed by atoms with E-state index in [0.29, 0.717) is 69.9 Å². The molecule has 0 spiro atoms. The van der Waals surface area contributed by atoms with E-state index in [1.165, 1.54) is 5.56 Å². The maximum Gasteiger partial charge on any atom is 0.410 e. The van der Waals surface area contributed by atoms with Crippen LogP contribution in [0.15, 0.2) is 103 Å². The van der Waals surface area contributed by atoms with Crippen LogP contribution in [-0.2, 0) is 42.6 Å². The molecule has 11 nitrogen and oxygen atoms in total. The van der Waals surface area contributed by atoms with Crippen LogP contribution in [0.1, 0.15) is 86.0 Å². The molecule has 0 N–H and O–H groups in total. The molecule has 4 heterocycles. The van der Waals surface area contributed by atoms with Crippen molar-refractivity contribution in [3.8, 4) is 17.0 Å². The third-order valence-electron chi connectivity index (χ3n) is 11.5. The lowest BCUT2D eigenvalue weighted by atomic mass is 9.93. The zero-order chi connectivity index (χ0) is 44.2. The van der Waals surface area contributed by atoms with Gasteiger partial charge in [0.2, 0.25) is 0 Å². The number of hydrogen-bond donors (Lipinski definition) is 0. The van der Waals surface area contributed by atoms with Crippen molar-refractivity contribution in [3.05, 3.63) is 136 Å². The summed E-state index contributed by atoms with van der Waals surface area (Å²) in [6.45, 7) is 14.1. The van der Waals surface area contributed by atoms with Crippen LogP contribution in [0, 0.1) is 5.41 Å². The number of anilines is 2. The summed E-state index contributed by atoms with van der Waals surface area (Å²) in [6, 6.07) is 29.9. The topological polar surface area (TPSA) is 106 Å². The molecule has 0 unspecified atom stereocenters. The second kappa shape index (κ2) is 16.2. The van der Waals surface area contributed by atoms with E-state index in [4.69, 9.17) is 21.1 Å². The van der Waals surface area contributed by atoms with Gasteiger partial charge in [-0.3, -0.25) is 19.3 Å². The number of carbonyl (C=O) groups is 4. The monoisotopic (exact) mass is 853 g/mol. The van der Waals surface area contributed by atoms with Crippen LogP contribution >= 0.6 is 11.6 Å². The smallest absolute Gasteiger partial charge is 0.410 e. The fraction of sp³-hybridized carbons (Fsp3) is 0.320. The number of nitrogens with zero attached hydrogens (tertiary/aromatic N) is 5. The molecule has 0 aliphatic carbocycles. The molecular formula is C50H52ClN5O6. The van der Waals surface area contributed by atoms with Crippen molar-refractivity contribution in [1.82, 2.24) is 18.9 Å². The van der Waals surface area contributed by atoms with Gasteiger partial charge in [0.15, 0.2) is 0 Å². The minimum Gasteiger partial charge on any atom is -0.444 e. The fourth-order valence-electron chi connectivity index (χ4n) is 8.24. The number of rotatable bonds is 6. The zero-order valence-electron chi connectivity index (χ0n) is 36.5. The maximum absolute atomic E-state index is 15.6. The third-order valence-corrected chi connectivity index (χ3v) is 11.8. The highest BCUT2D eigenvalue weighted by Crippen LogP contribution is 2.39. The Morgan fingerprint density at radius 1 is 0.774 bits per heavy atom. The van der Waals surface area contributed by atoms with Gasteiger partial charge < -0.3 is 28.4 Å². The second-order valence-corrected chi connectivity index (χ2v) is 18.8. The average Bonchev–Trinajstić information content (AvgIpc) is 3.79. The molecule has 1 atom stereocenters. The number of carbonyl (C=O) groups excluding carboxylic acids is 4. The van der Waals surface area contributed by atoms with Crippen molar-refractivity contribution in [2.75, 3.05) is 11.4 Å². The van der Waals surface area contributed by atoms with Crippen LogP contribution in [0.4, 0.5) is 16.2 Å². The van der Waals surface area contributed by atoms with E-state index >= 15 is 4.79 Å². The Hall–Kier alpha value is -6.33. The summed E-state index contributed by atoms with van der Waals surface area (Å²) in [6.07, 6.45) is 2.21. The highest BCUT2D eigenvalue weighted by atomic mass is 35.5. The van der Waals surface area contributed by atoms with Crippen molar-refractivity contribution in [2.45, 2.75) is 86.2 Å². The molecule has 12 heteroatoms. The Labute approximate surface area is 367 Å². The Balaban J connectivity index is 1.26. The number of amides is 3. The molecule has 2 aliphatic rings. The summed E-state index contributed by atoms with van der Waals surface area (Å²) in [5.41, 5.74) is 5.62. The van der Waals surface area contributed by atoms with Crippen molar-refractivity contribution in [1.29, 1.82) is 0 Å². The lowest BCUT2D eigenvalue weighted by molar-refractivity contribution is -0.143.